The summed E-state index contributed by atoms with van der Waals surface area (Å²) in [6.45, 7) is 5.71. The second kappa shape index (κ2) is 6.12. The lowest BCUT2D eigenvalue weighted by Gasteiger charge is -2.38. The molecule has 0 bridgehead atoms. The van der Waals surface area contributed by atoms with E-state index in [1.165, 1.54) is 11.3 Å². The molecule has 1 aliphatic carbocycles. The molecule has 0 spiro atoms. The zero-order chi connectivity index (χ0) is 14.9. The summed E-state index contributed by atoms with van der Waals surface area (Å²) >= 11 is 4.83. The summed E-state index contributed by atoms with van der Waals surface area (Å²) in [7, 11) is 0. The molecule has 0 aromatic carbocycles. The smallest absolute Gasteiger partial charge is 0.309 e. The standard InChI is InChI=1S/C14H20BrNO3S/c1-8(2)19-12(17)10-4-5-14(18,6-9(10)3)13-16-7-11(15)20-13/h7-10,18H,4-6H2,1-3H3/t9-,10-,14-/m1/s1. The van der Waals surface area contributed by atoms with Crippen LogP contribution in [0.3, 0.4) is 0 Å². The molecule has 112 valence electrons. The molecule has 4 nitrogen and oxygen atoms in total. The van der Waals surface area contributed by atoms with E-state index >= 15 is 0 Å². The van der Waals surface area contributed by atoms with Crippen LogP contribution in [0, 0.1) is 11.8 Å². The van der Waals surface area contributed by atoms with E-state index in [0.717, 1.165) is 8.79 Å². The molecule has 1 aromatic rings. The third-order valence-electron chi connectivity index (χ3n) is 3.75. The van der Waals surface area contributed by atoms with Crippen molar-refractivity contribution >= 4 is 33.2 Å². The zero-order valence-electron chi connectivity index (χ0n) is 11.9. The highest BCUT2D eigenvalue weighted by Crippen LogP contribution is 2.44. The number of nitrogens with zero attached hydrogens (tertiary/aromatic N) is 1. The molecule has 2 rings (SSSR count). The van der Waals surface area contributed by atoms with Gasteiger partial charge >= 0.3 is 5.97 Å². The normalized spacial score (nSPS) is 30.5. The lowest BCUT2D eigenvalue weighted by Crippen LogP contribution is -2.39. The fourth-order valence-corrected chi connectivity index (χ4v) is 4.12. The van der Waals surface area contributed by atoms with E-state index in [9.17, 15) is 9.90 Å². The van der Waals surface area contributed by atoms with Gasteiger partial charge in [-0.15, -0.1) is 11.3 Å². The maximum absolute atomic E-state index is 12.0. The second-order valence-electron chi connectivity index (χ2n) is 5.81. The van der Waals surface area contributed by atoms with Gasteiger partial charge < -0.3 is 9.84 Å². The highest BCUT2D eigenvalue weighted by atomic mass is 79.9. The third kappa shape index (κ3) is 3.40. The maximum atomic E-state index is 12.0. The molecule has 20 heavy (non-hydrogen) atoms. The molecule has 1 aliphatic rings. The van der Waals surface area contributed by atoms with E-state index in [1.54, 1.807) is 6.20 Å². The van der Waals surface area contributed by atoms with Crippen LogP contribution in [-0.2, 0) is 15.1 Å². The summed E-state index contributed by atoms with van der Waals surface area (Å²) in [5, 5.41) is 11.5. The van der Waals surface area contributed by atoms with E-state index in [1.807, 2.05) is 20.8 Å². The van der Waals surface area contributed by atoms with Crippen LogP contribution >= 0.6 is 27.3 Å². The highest BCUT2D eigenvalue weighted by molar-refractivity contribution is 9.11. The van der Waals surface area contributed by atoms with Crippen molar-refractivity contribution < 1.29 is 14.6 Å². The minimum atomic E-state index is -0.912. The Balaban J connectivity index is 2.06. The maximum Gasteiger partial charge on any atom is 0.309 e. The molecule has 1 saturated carbocycles. The number of aliphatic hydroxyl groups is 1. The van der Waals surface area contributed by atoms with E-state index in [0.29, 0.717) is 19.3 Å². The first-order valence-corrected chi connectivity index (χ1v) is 8.47. The fraction of sp³-hybridized carbons (Fsp3) is 0.714. The lowest BCUT2D eigenvalue weighted by molar-refractivity contribution is -0.158. The summed E-state index contributed by atoms with van der Waals surface area (Å²) in [6.07, 6.45) is 3.35. The van der Waals surface area contributed by atoms with Gasteiger partial charge in [0.1, 0.15) is 10.6 Å². The topological polar surface area (TPSA) is 59.4 Å². The summed E-state index contributed by atoms with van der Waals surface area (Å²) in [6, 6.07) is 0. The molecule has 1 aromatic heterocycles. The summed E-state index contributed by atoms with van der Waals surface area (Å²) in [5.74, 6) is -0.182. The average Bonchev–Trinajstić information content (AvgIpc) is 2.75. The van der Waals surface area contributed by atoms with Crippen LogP contribution in [0.25, 0.3) is 0 Å². The van der Waals surface area contributed by atoms with Crippen molar-refractivity contribution in [2.24, 2.45) is 11.8 Å². The average molecular weight is 362 g/mol. The molecule has 0 aliphatic heterocycles. The van der Waals surface area contributed by atoms with Crippen LogP contribution in [0.2, 0.25) is 0 Å². The van der Waals surface area contributed by atoms with Gasteiger partial charge in [0.25, 0.3) is 0 Å². The van der Waals surface area contributed by atoms with Crippen LogP contribution in [0.4, 0.5) is 0 Å². The Hall–Kier alpha value is -0.460. The van der Waals surface area contributed by atoms with Crippen molar-refractivity contribution in [3.63, 3.8) is 0 Å². The molecule has 0 saturated heterocycles. The number of thiazole rings is 1. The van der Waals surface area contributed by atoms with E-state index in [2.05, 4.69) is 20.9 Å². The van der Waals surface area contributed by atoms with Crippen molar-refractivity contribution in [3.05, 3.63) is 15.0 Å². The monoisotopic (exact) mass is 361 g/mol. The number of carbonyl (C=O) groups is 1. The second-order valence-corrected chi connectivity index (χ2v) is 8.22. The number of ether oxygens (including phenoxy) is 1. The van der Waals surface area contributed by atoms with Crippen molar-refractivity contribution in [2.45, 2.75) is 51.7 Å². The zero-order valence-corrected chi connectivity index (χ0v) is 14.3. The number of rotatable bonds is 3. The fourth-order valence-electron chi connectivity index (χ4n) is 2.79. The number of halogens is 1. The van der Waals surface area contributed by atoms with Crippen molar-refractivity contribution in [1.29, 1.82) is 0 Å². The number of hydrogen-bond donors (Lipinski definition) is 1. The van der Waals surface area contributed by atoms with Gasteiger partial charge in [0.05, 0.1) is 22.0 Å². The van der Waals surface area contributed by atoms with Gasteiger partial charge in [-0.3, -0.25) is 4.79 Å². The van der Waals surface area contributed by atoms with Gasteiger partial charge in [-0.2, -0.15) is 0 Å². The Morgan fingerprint density at radius 3 is 2.85 bits per heavy atom. The number of carbonyl (C=O) groups excluding carboxylic acids is 1. The van der Waals surface area contributed by atoms with Crippen LogP contribution < -0.4 is 0 Å². The van der Waals surface area contributed by atoms with Gasteiger partial charge in [0.2, 0.25) is 0 Å². The molecular formula is C14H20BrNO3S. The molecule has 0 unspecified atom stereocenters. The van der Waals surface area contributed by atoms with Gasteiger partial charge in [-0.25, -0.2) is 4.98 Å². The van der Waals surface area contributed by atoms with Gasteiger partial charge in [-0.1, -0.05) is 6.92 Å². The predicted octanol–water partition coefficient (Wildman–Crippen LogP) is 3.48. The van der Waals surface area contributed by atoms with Crippen LogP contribution in [0.1, 0.15) is 45.0 Å². The molecule has 1 N–H and O–H groups in total. The van der Waals surface area contributed by atoms with E-state index in [-0.39, 0.29) is 23.9 Å². The Kier molecular flexibility index (Phi) is 4.87. The largest absolute Gasteiger partial charge is 0.463 e. The number of esters is 1. The van der Waals surface area contributed by atoms with Crippen LogP contribution in [0.15, 0.2) is 9.98 Å². The summed E-state index contributed by atoms with van der Waals surface area (Å²) in [5.41, 5.74) is -0.912. The van der Waals surface area contributed by atoms with E-state index < -0.39 is 5.60 Å². The third-order valence-corrected chi connectivity index (χ3v) is 5.42. The predicted molar refractivity (Wildman–Crippen MR) is 81.4 cm³/mol. The minimum Gasteiger partial charge on any atom is -0.463 e. The summed E-state index contributed by atoms with van der Waals surface area (Å²) in [4.78, 5) is 16.3. The minimum absolute atomic E-state index is 0.0858. The quantitative estimate of drug-likeness (QED) is 0.837. The molecule has 6 heteroatoms. The number of aromatic nitrogens is 1. The first kappa shape index (κ1) is 15.9. The van der Waals surface area contributed by atoms with E-state index in [4.69, 9.17) is 4.74 Å². The molecule has 0 radical (unpaired) electrons. The first-order chi connectivity index (χ1) is 9.32. The van der Waals surface area contributed by atoms with Crippen molar-refractivity contribution in [1.82, 2.24) is 4.98 Å². The van der Waals surface area contributed by atoms with Gasteiger partial charge in [-0.05, 0) is 55.0 Å². The van der Waals surface area contributed by atoms with Gasteiger partial charge in [0.15, 0.2) is 0 Å². The Bertz CT molecular complexity index is 491. The van der Waals surface area contributed by atoms with Crippen LogP contribution in [0.5, 0.6) is 0 Å². The molecule has 3 atom stereocenters. The Morgan fingerprint density at radius 1 is 1.65 bits per heavy atom. The lowest BCUT2D eigenvalue weighted by atomic mass is 9.72. The SMILES string of the molecule is CC(C)OC(=O)[C@@H]1CC[C@](O)(c2ncc(Br)s2)C[C@H]1C. The molecule has 0 amide bonds. The Labute approximate surface area is 131 Å². The highest BCUT2D eigenvalue weighted by Gasteiger charge is 2.43. The molecule has 1 fully saturated rings. The van der Waals surface area contributed by atoms with Gasteiger partial charge in [0, 0.05) is 0 Å². The molecule has 1 heterocycles. The number of hydrogen-bond acceptors (Lipinski definition) is 5. The first-order valence-electron chi connectivity index (χ1n) is 6.86. The molecular weight excluding hydrogens is 342 g/mol. The van der Waals surface area contributed by atoms with Crippen molar-refractivity contribution in [2.75, 3.05) is 0 Å². The Morgan fingerprint density at radius 2 is 2.35 bits per heavy atom. The van der Waals surface area contributed by atoms with Crippen LogP contribution in [-0.4, -0.2) is 22.2 Å². The summed E-state index contributed by atoms with van der Waals surface area (Å²) < 4.78 is 6.21. The van der Waals surface area contributed by atoms with Crippen molar-refractivity contribution in [3.8, 4) is 0 Å².